The lowest BCUT2D eigenvalue weighted by Crippen LogP contribution is -2.38. The van der Waals surface area contributed by atoms with Gasteiger partial charge in [-0.15, -0.1) is 0 Å². The number of likely N-dealkylation sites (N-methyl/N-ethyl adjacent to an activating group) is 1. The Morgan fingerprint density at radius 1 is 1.48 bits per heavy atom. The third-order valence-corrected chi connectivity index (χ3v) is 3.10. The molecule has 1 amide bonds. The van der Waals surface area contributed by atoms with E-state index in [1.165, 1.54) is 0 Å². The molecule has 0 aliphatic carbocycles. The molecule has 0 unspecified atom stereocenters. The Hall–Kier alpha value is -1.66. The van der Waals surface area contributed by atoms with Gasteiger partial charge in [0.25, 0.3) is 0 Å². The molecule has 0 saturated carbocycles. The van der Waals surface area contributed by atoms with Crippen molar-refractivity contribution in [3.05, 3.63) is 29.3 Å². The van der Waals surface area contributed by atoms with Gasteiger partial charge in [0.1, 0.15) is 10.7 Å². The van der Waals surface area contributed by atoms with Crippen LogP contribution in [-0.4, -0.2) is 42.5 Å². The van der Waals surface area contributed by atoms with E-state index in [4.69, 9.17) is 22.7 Å². The fraction of sp³-hybridized carbons (Fsp3) is 0.467. The van der Waals surface area contributed by atoms with Gasteiger partial charge in [0.15, 0.2) is 0 Å². The van der Waals surface area contributed by atoms with Gasteiger partial charge in [-0.1, -0.05) is 12.2 Å². The Kier molecular flexibility index (Phi) is 6.58. The predicted octanol–water partition coefficient (Wildman–Crippen LogP) is 1.29. The van der Waals surface area contributed by atoms with Crippen LogP contribution in [0, 0.1) is 0 Å². The molecule has 0 saturated heterocycles. The smallest absolute Gasteiger partial charge is 0.234 e. The van der Waals surface area contributed by atoms with Crippen molar-refractivity contribution in [3.63, 3.8) is 0 Å². The fourth-order valence-corrected chi connectivity index (χ4v) is 2.14. The first-order valence-electron chi connectivity index (χ1n) is 6.78. The molecule has 0 spiro atoms. The number of rotatable bonds is 7. The number of nitrogens with two attached hydrogens (primary N) is 1. The number of ether oxygens (including phenoxy) is 1. The second kappa shape index (κ2) is 7.95. The largest absolute Gasteiger partial charge is 0.496 e. The van der Waals surface area contributed by atoms with Crippen LogP contribution in [0.1, 0.15) is 25.0 Å². The topological polar surface area (TPSA) is 67.6 Å². The summed E-state index contributed by atoms with van der Waals surface area (Å²) in [5.41, 5.74) is 7.39. The Morgan fingerprint density at radius 2 is 2.14 bits per heavy atom. The summed E-state index contributed by atoms with van der Waals surface area (Å²) in [5, 5.41) is 2.87. The van der Waals surface area contributed by atoms with Crippen molar-refractivity contribution in [3.8, 4) is 5.75 Å². The number of hydrogen-bond donors (Lipinski definition) is 2. The van der Waals surface area contributed by atoms with Crippen molar-refractivity contribution >= 4 is 23.1 Å². The molecular formula is C15H23N3O2S. The molecule has 21 heavy (non-hydrogen) atoms. The van der Waals surface area contributed by atoms with Crippen molar-refractivity contribution in [1.29, 1.82) is 0 Å². The van der Waals surface area contributed by atoms with Gasteiger partial charge in [-0.2, -0.15) is 0 Å². The fourth-order valence-electron chi connectivity index (χ4n) is 2.01. The molecule has 0 aliphatic rings. The summed E-state index contributed by atoms with van der Waals surface area (Å²) >= 11 is 4.99. The second-order valence-electron chi connectivity index (χ2n) is 5.29. The minimum Gasteiger partial charge on any atom is -0.496 e. The highest BCUT2D eigenvalue weighted by molar-refractivity contribution is 7.80. The zero-order valence-electron chi connectivity index (χ0n) is 13.0. The van der Waals surface area contributed by atoms with E-state index < -0.39 is 0 Å². The first kappa shape index (κ1) is 17.4. The van der Waals surface area contributed by atoms with Crippen LogP contribution in [0.15, 0.2) is 18.2 Å². The SMILES string of the molecule is COc1ccc(C(N)=S)cc1CN(C)CC(=O)NC(C)C. The number of carbonyl (C=O) groups is 1. The minimum atomic E-state index is -0.00281. The van der Waals surface area contributed by atoms with Gasteiger partial charge in [-0.05, 0) is 39.1 Å². The predicted molar refractivity (Wildman–Crippen MR) is 88.5 cm³/mol. The highest BCUT2D eigenvalue weighted by atomic mass is 32.1. The van der Waals surface area contributed by atoms with E-state index >= 15 is 0 Å². The summed E-state index contributed by atoms with van der Waals surface area (Å²) in [6.45, 7) is 4.77. The lowest BCUT2D eigenvalue weighted by molar-refractivity contribution is -0.122. The molecule has 0 bridgehead atoms. The van der Waals surface area contributed by atoms with Crippen molar-refractivity contribution in [2.45, 2.75) is 26.4 Å². The van der Waals surface area contributed by atoms with Gasteiger partial charge >= 0.3 is 0 Å². The molecule has 1 rings (SSSR count). The molecule has 0 fully saturated rings. The minimum absolute atomic E-state index is 0.00281. The molecule has 1 aromatic rings. The first-order chi connectivity index (χ1) is 9.83. The maximum Gasteiger partial charge on any atom is 0.234 e. The van der Waals surface area contributed by atoms with Gasteiger partial charge in [-0.3, -0.25) is 9.69 Å². The van der Waals surface area contributed by atoms with Gasteiger partial charge in [0.05, 0.1) is 13.7 Å². The number of methoxy groups -OCH3 is 1. The molecule has 0 heterocycles. The molecule has 5 nitrogen and oxygen atoms in total. The van der Waals surface area contributed by atoms with E-state index in [0.717, 1.165) is 16.9 Å². The lowest BCUT2D eigenvalue weighted by atomic mass is 10.1. The highest BCUT2D eigenvalue weighted by Gasteiger charge is 2.12. The molecular weight excluding hydrogens is 286 g/mol. The molecule has 0 aromatic heterocycles. The normalized spacial score (nSPS) is 10.8. The van der Waals surface area contributed by atoms with Crippen molar-refractivity contribution in [1.82, 2.24) is 10.2 Å². The molecule has 0 atom stereocenters. The van der Waals surface area contributed by atoms with Gasteiger partial charge in [0.2, 0.25) is 5.91 Å². The Balaban J connectivity index is 2.78. The summed E-state index contributed by atoms with van der Waals surface area (Å²) < 4.78 is 5.34. The third-order valence-electron chi connectivity index (χ3n) is 2.87. The van der Waals surface area contributed by atoms with Crippen LogP contribution in [0.5, 0.6) is 5.75 Å². The number of benzene rings is 1. The second-order valence-corrected chi connectivity index (χ2v) is 5.73. The van der Waals surface area contributed by atoms with E-state index in [2.05, 4.69) is 5.32 Å². The quantitative estimate of drug-likeness (QED) is 0.743. The number of amides is 1. The van der Waals surface area contributed by atoms with E-state index in [0.29, 0.717) is 18.1 Å². The van der Waals surface area contributed by atoms with Crippen LogP contribution in [0.25, 0.3) is 0 Å². The molecule has 6 heteroatoms. The van der Waals surface area contributed by atoms with E-state index in [1.807, 2.05) is 44.0 Å². The number of carbonyl (C=O) groups excluding carboxylic acids is 1. The summed E-state index contributed by atoms with van der Waals surface area (Å²) in [6.07, 6.45) is 0. The van der Waals surface area contributed by atoms with Crippen LogP contribution in [0.3, 0.4) is 0 Å². The third kappa shape index (κ3) is 5.69. The molecule has 3 N–H and O–H groups in total. The van der Waals surface area contributed by atoms with Crippen molar-refractivity contribution in [2.24, 2.45) is 5.73 Å². The number of nitrogens with one attached hydrogen (secondary N) is 1. The van der Waals surface area contributed by atoms with E-state index in [1.54, 1.807) is 7.11 Å². The molecule has 1 aromatic carbocycles. The zero-order chi connectivity index (χ0) is 16.0. The van der Waals surface area contributed by atoms with Crippen LogP contribution >= 0.6 is 12.2 Å². The Morgan fingerprint density at radius 3 is 2.67 bits per heavy atom. The van der Waals surface area contributed by atoms with Crippen molar-refractivity contribution < 1.29 is 9.53 Å². The van der Waals surface area contributed by atoms with E-state index in [9.17, 15) is 4.79 Å². The monoisotopic (exact) mass is 309 g/mol. The van der Waals surface area contributed by atoms with Crippen LogP contribution in [0.2, 0.25) is 0 Å². The maximum atomic E-state index is 11.8. The van der Waals surface area contributed by atoms with Gasteiger partial charge in [0, 0.05) is 23.7 Å². The summed E-state index contributed by atoms with van der Waals surface area (Å²) in [6, 6.07) is 5.71. The number of nitrogens with zero attached hydrogens (tertiary/aromatic N) is 1. The van der Waals surface area contributed by atoms with Gasteiger partial charge in [-0.25, -0.2) is 0 Å². The van der Waals surface area contributed by atoms with Crippen LogP contribution < -0.4 is 15.8 Å². The summed E-state index contributed by atoms with van der Waals surface area (Å²) in [4.78, 5) is 14.0. The highest BCUT2D eigenvalue weighted by Crippen LogP contribution is 2.21. The molecule has 116 valence electrons. The maximum absolute atomic E-state index is 11.8. The van der Waals surface area contributed by atoms with Crippen LogP contribution in [-0.2, 0) is 11.3 Å². The standard InChI is InChI=1S/C15H23N3O2S/c1-10(2)17-14(19)9-18(3)8-12-7-11(15(16)21)5-6-13(12)20-4/h5-7,10H,8-9H2,1-4H3,(H2,16,21)(H,17,19). The van der Waals surface area contributed by atoms with E-state index in [-0.39, 0.29) is 11.9 Å². The van der Waals surface area contributed by atoms with Crippen LogP contribution in [0.4, 0.5) is 0 Å². The summed E-state index contributed by atoms with van der Waals surface area (Å²) in [7, 11) is 3.50. The Bertz CT molecular complexity index is 518. The number of hydrogen-bond acceptors (Lipinski definition) is 4. The zero-order valence-corrected chi connectivity index (χ0v) is 13.8. The van der Waals surface area contributed by atoms with Gasteiger partial charge < -0.3 is 15.8 Å². The Labute approximate surface area is 131 Å². The molecule has 0 aliphatic heterocycles. The average molecular weight is 309 g/mol. The lowest BCUT2D eigenvalue weighted by Gasteiger charge is -2.19. The summed E-state index contributed by atoms with van der Waals surface area (Å²) in [5.74, 6) is 0.753. The molecule has 0 radical (unpaired) electrons. The average Bonchev–Trinajstić information content (AvgIpc) is 2.37. The van der Waals surface area contributed by atoms with Crippen molar-refractivity contribution in [2.75, 3.05) is 20.7 Å². The first-order valence-corrected chi connectivity index (χ1v) is 7.19. The number of thiocarbonyl (C=S) groups is 1.